The molecule has 1 heterocycles. The first-order chi connectivity index (χ1) is 8.74. The average Bonchev–Trinajstić information content (AvgIpc) is 2.82. The second-order valence-corrected chi connectivity index (χ2v) is 5.08. The lowest BCUT2D eigenvalue weighted by molar-refractivity contribution is 0.0672. The SMILES string of the molecule is CNCC(c1ccccc1)N(C)C1CCOC1C. The third kappa shape index (κ3) is 2.91. The highest BCUT2D eigenvalue weighted by atomic mass is 16.5. The molecule has 0 amide bonds. The Morgan fingerprint density at radius 1 is 1.39 bits per heavy atom. The van der Waals surface area contributed by atoms with Gasteiger partial charge < -0.3 is 10.1 Å². The van der Waals surface area contributed by atoms with Crippen molar-refractivity contribution in [2.75, 3.05) is 27.2 Å². The first kappa shape index (κ1) is 13.5. The molecule has 3 nitrogen and oxygen atoms in total. The molecule has 3 heteroatoms. The Kier molecular flexibility index (Phi) is 4.75. The quantitative estimate of drug-likeness (QED) is 0.863. The second-order valence-electron chi connectivity index (χ2n) is 5.08. The molecule has 18 heavy (non-hydrogen) atoms. The normalized spacial score (nSPS) is 25.6. The minimum absolute atomic E-state index is 0.332. The summed E-state index contributed by atoms with van der Waals surface area (Å²) in [7, 11) is 4.23. The Labute approximate surface area is 110 Å². The topological polar surface area (TPSA) is 24.5 Å². The van der Waals surface area contributed by atoms with Crippen LogP contribution in [0.1, 0.15) is 24.9 Å². The summed E-state index contributed by atoms with van der Waals surface area (Å²) in [6.07, 6.45) is 1.46. The summed E-state index contributed by atoms with van der Waals surface area (Å²) in [5, 5.41) is 3.30. The fraction of sp³-hybridized carbons (Fsp3) is 0.600. The van der Waals surface area contributed by atoms with Crippen molar-refractivity contribution >= 4 is 0 Å². The largest absolute Gasteiger partial charge is 0.377 e. The van der Waals surface area contributed by atoms with E-state index in [9.17, 15) is 0 Å². The van der Waals surface area contributed by atoms with Crippen molar-refractivity contribution in [2.45, 2.75) is 31.5 Å². The van der Waals surface area contributed by atoms with E-state index in [0.717, 1.165) is 19.6 Å². The van der Waals surface area contributed by atoms with E-state index in [1.54, 1.807) is 0 Å². The Hall–Kier alpha value is -0.900. The molecule has 0 bridgehead atoms. The zero-order valence-corrected chi connectivity index (χ0v) is 11.6. The Morgan fingerprint density at radius 2 is 2.11 bits per heavy atom. The molecular formula is C15H24N2O. The molecule has 0 radical (unpaired) electrons. The van der Waals surface area contributed by atoms with Crippen molar-refractivity contribution in [3.63, 3.8) is 0 Å². The van der Waals surface area contributed by atoms with E-state index in [0.29, 0.717) is 18.2 Å². The monoisotopic (exact) mass is 248 g/mol. The standard InChI is InChI=1S/C15H24N2O/c1-12-14(9-10-18-12)17(3)15(11-16-2)13-7-5-4-6-8-13/h4-8,12,14-16H,9-11H2,1-3H3. The van der Waals surface area contributed by atoms with E-state index in [4.69, 9.17) is 4.74 Å². The van der Waals surface area contributed by atoms with Crippen LogP contribution in [0, 0.1) is 0 Å². The Bertz CT molecular complexity index is 355. The third-order valence-electron chi connectivity index (χ3n) is 3.93. The maximum absolute atomic E-state index is 5.69. The first-order valence-corrected chi connectivity index (χ1v) is 6.77. The fourth-order valence-electron chi connectivity index (χ4n) is 2.85. The zero-order valence-electron chi connectivity index (χ0n) is 11.6. The number of benzene rings is 1. The summed E-state index contributed by atoms with van der Waals surface area (Å²) < 4.78 is 5.69. The molecule has 2 rings (SSSR count). The lowest BCUT2D eigenvalue weighted by atomic mass is 10.0. The minimum atomic E-state index is 0.332. The number of hydrogen-bond donors (Lipinski definition) is 1. The highest BCUT2D eigenvalue weighted by Gasteiger charge is 2.31. The van der Waals surface area contributed by atoms with Gasteiger partial charge >= 0.3 is 0 Å². The zero-order chi connectivity index (χ0) is 13.0. The third-order valence-corrected chi connectivity index (χ3v) is 3.93. The molecule has 0 aliphatic carbocycles. The number of ether oxygens (including phenoxy) is 1. The highest BCUT2D eigenvalue weighted by molar-refractivity contribution is 5.19. The van der Waals surface area contributed by atoms with E-state index < -0.39 is 0 Å². The number of hydrogen-bond acceptors (Lipinski definition) is 3. The van der Waals surface area contributed by atoms with Crippen molar-refractivity contribution in [1.82, 2.24) is 10.2 Å². The summed E-state index contributed by atoms with van der Waals surface area (Å²) in [6.45, 7) is 4.02. The highest BCUT2D eigenvalue weighted by Crippen LogP contribution is 2.27. The number of rotatable bonds is 5. The molecule has 1 N–H and O–H groups in total. The van der Waals surface area contributed by atoms with Crippen LogP contribution in [0.2, 0.25) is 0 Å². The molecule has 3 unspecified atom stereocenters. The first-order valence-electron chi connectivity index (χ1n) is 6.77. The van der Waals surface area contributed by atoms with E-state index in [2.05, 4.69) is 54.5 Å². The van der Waals surface area contributed by atoms with E-state index >= 15 is 0 Å². The lowest BCUT2D eigenvalue weighted by Crippen LogP contribution is -2.42. The molecule has 1 aromatic carbocycles. The van der Waals surface area contributed by atoms with Crippen LogP contribution in [0.4, 0.5) is 0 Å². The van der Waals surface area contributed by atoms with Gasteiger partial charge in [0, 0.05) is 25.2 Å². The van der Waals surface area contributed by atoms with Crippen LogP contribution in [0.25, 0.3) is 0 Å². The van der Waals surface area contributed by atoms with Gasteiger partial charge in [0.05, 0.1) is 6.10 Å². The van der Waals surface area contributed by atoms with Gasteiger partial charge in [-0.3, -0.25) is 4.90 Å². The number of nitrogens with one attached hydrogen (secondary N) is 1. The van der Waals surface area contributed by atoms with Crippen LogP contribution in [-0.2, 0) is 4.74 Å². The molecule has 3 atom stereocenters. The van der Waals surface area contributed by atoms with Crippen molar-refractivity contribution in [2.24, 2.45) is 0 Å². The molecule has 100 valence electrons. The number of nitrogens with zero attached hydrogens (tertiary/aromatic N) is 1. The average molecular weight is 248 g/mol. The smallest absolute Gasteiger partial charge is 0.0703 e. The van der Waals surface area contributed by atoms with Crippen molar-refractivity contribution in [3.8, 4) is 0 Å². The van der Waals surface area contributed by atoms with Crippen LogP contribution in [0.3, 0.4) is 0 Å². The van der Waals surface area contributed by atoms with Gasteiger partial charge in [0.1, 0.15) is 0 Å². The van der Waals surface area contributed by atoms with Gasteiger partial charge in [0.25, 0.3) is 0 Å². The van der Waals surface area contributed by atoms with Crippen LogP contribution >= 0.6 is 0 Å². The van der Waals surface area contributed by atoms with Gasteiger partial charge in [-0.2, -0.15) is 0 Å². The van der Waals surface area contributed by atoms with Gasteiger partial charge in [0.15, 0.2) is 0 Å². The lowest BCUT2D eigenvalue weighted by Gasteiger charge is -2.34. The summed E-state index contributed by atoms with van der Waals surface area (Å²) >= 11 is 0. The Balaban J connectivity index is 2.14. The van der Waals surface area contributed by atoms with Gasteiger partial charge in [-0.15, -0.1) is 0 Å². The molecule has 1 fully saturated rings. The summed E-state index contributed by atoms with van der Waals surface area (Å²) in [5.41, 5.74) is 1.37. The van der Waals surface area contributed by atoms with Crippen LogP contribution in [0.5, 0.6) is 0 Å². The second kappa shape index (κ2) is 6.32. The van der Waals surface area contributed by atoms with Crippen LogP contribution in [0.15, 0.2) is 30.3 Å². The van der Waals surface area contributed by atoms with Gasteiger partial charge in [-0.25, -0.2) is 0 Å². The molecule has 1 aliphatic rings. The molecule has 0 aromatic heterocycles. The summed E-state index contributed by atoms with van der Waals surface area (Å²) in [4.78, 5) is 2.46. The predicted molar refractivity (Wildman–Crippen MR) is 74.7 cm³/mol. The Morgan fingerprint density at radius 3 is 2.67 bits per heavy atom. The molecular weight excluding hydrogens is 224 g/mol. The fourth-order valence-corrected chi connectivity index (χ4v) is 2.85. The molecule has 1 saturated heterocycles. The predicted octanol–water partition coefficient (Wildman–Crippen LogP) is 2.06. The van der Waals surface area contributed by atoms with E-state index in [1.165, 1.54) is 5.56 Å². The summed E-state index contributed by atoms with van der Waals surface area (Å²) in [6, 6.07) is 11.6. The minimum Gasteiger partial charge on any atom is -0.377 e. The molecule has 1 aromatic rings. The molecule has 0 spiro atoms. The number of likely N-dealkylation sites (N-methyl/N-ethyl adjacent to an activating group) is 2. The molecule has 0 saturated carbocycles. The van der Waals surface area contributed by atoms with Gasteiger partial charge in [-0.05, 0) is 33.0 Å². The van der Waals surface area contributed by atoms with Gasteiger partial charge in [0.2, 0.25) is 0 Å². The van der Waals surface area contributed by atoms with Crippen LogP contribution in [-0.4, -0.2) is 44.3 Å². The van der Waals surface area contributed by atoms with E-state index in [-0.39, 0.29) is 0 Å². The maximum Gasteiger partial charge on any atom is 0.0703 e. The van der Waals surface area contributed by atoms with E-state index in [1.807, 2.05) is 7.05 Å². The van der Waals surface area contributed by atoms with Crippen molar-refractivity contribution in [1.29, 1.82) is 0 Å². The maximum atomic E-state index is 5.69. The van der Waals surface area contributed by atoms with Crippen LogP contribution < -0.4 is 5.32 Å². The summed E-state index contributed by atoms with van der Waals surface area (Å²) in [5.74, 6) is 0. The van der Waals surface area contributed by atoms with Gasteiger partial charge in [-0.1, -0.05) is 30.3 Å². The van der Waals surface area contributed by atoms with Crippen molar-refractivity contribution < 1.29 is 4.74 Å². The van der Waals surface area contributed by atoms with Crippen molar-refractivity contribution in [3.05, 3.63) is 35.9 Å². The molecule has 1 aliphatic heterocycles.